The number of carbonyl (C=O) groups excluding carboxylic acids is 2. The third kappa shape index (κ3) is 5.04. The van der Waals surface area contributed by atoms with Crippen LogP contribution in [0.2, 0.25) is 0 Å². The molecule has 0 bridgehead atoms. The molecule has 0 aliphatic heterocycles. The van der Waals surface area contributed by atoms with E-state index in [0.717, 1.165) is 5.56 Å². The number of nitrogens with zero attached hydrogens (tertiary/aromatic N) is 1. The standard InChI is InChI=1S/C19H21FN2O3/c1-14(19(24)21-2)22(12-15-8-4-3-5-9-15)18(23)13-25-17-11-7-6-10-16(17)20/h3-11,14H,12-13H2,1-2H3,(H,21,24). The monoisotopic (exact) mass is 344 g/mol. The van der Waals surface area contributed by atoms with Gasteiger partial charge in [-0.3, -0.25) is 9.59 Å². The van der Waals surface area contributed by atoms with Gasteiger partial charge in [-0.05, 0) is 24.6 Å². The highest BCUT2D eigenvalue weighted by Gasteiger charge is 2.26. The number of para-hydroxylation sites is 1. The van der Waals surface area contributed by atoms with Crippen LogP contribution in [0.15, 0.2) is 54.6 Å². The van der Waals surface area contributed by atoms with Crippen molar-refractivity contribution in [1.29, 1.82) is 0 Å². The van der Waals surface area contributed by atoms with Crippen LogP contribution < -0.4 is 10.1 Å². The van der Waals surface area contributed by atoms with E-state index in [0.29, 0.717) is 0 Å². The third-order valence-corrected chi connectivity index (χ3v) is 3.80. The molecule has 1 atom stereocenters. The van der Waals surface area contributed by atoms with Crippen LogP contribution >= 0.6 is 0 Å². The van der Waals surface area contributed by atoms with Crippen LogP contribution in [0, 0.1) is 5.82 Å². The molecule has 2 aromatic carbocycles. The van der Waals surface area contributed by atoms with Crippen molar-refractivity contribution < 1.29 is 18.7 Å². The van der Waals surface area contributed by atoms with Crippen LogP contribution in [0.25, 0.3) is 0 Å². The van der Waals surface area contributed by atoms with Crippen LogP contribution in [-0.2, 0) is 16.1 Å². The van der Waals surface area contributed by atoms with Crippen molar-refractivity contribution in [3.05, 3.63) is 66.0 Å². The number of halogens is 1. The van der Waals surface area contributed by atoms with E-state index in [-0.39, 0.29) is 24.8 Å². The van der Waals surface area contributed by atoms with Gasteiger partial charge in [0, 0.05) is 13.6 Å². The quantitative estimate of drug-likeness (QED) is 0.839. The maximum absolute atomic E-state index is 13.6. The number of likely N-dealkylation sites (N-methyl/N-ethyl adjacent to an activating group) is 1. The first-order valence-corrected chi connectivity index (χ1v) is 7.95. The highest BCUT2D eigenvalue weighted by atomic mass is 19.1. The van der Waals surface area contributed by atoms with Gasteiger partial charge in [0.05, 0.1) is 0 Å². The normalized spacial score (nSPS) is 11.5. The Morgan fingerprint density at radius 2 is 1.76 bits per heavy atom. The fourth-order valence-corrected chi connectivity index (χ4v) is 2.36. The number of amides is 2. The lowest BCUT2D eigenvalue weighted by molar-refractivity contribution is -0.142. The Morgan fingerprint density at radius 1 is 1.12 bits per heavy atom. The summed E-state index contributed by atoms with van der Waals surface area (Å²) in [5.41, 5.74) is 0.887. The number of carbonyl (C=O) groups is 2. The first kappa shape index (κ1) is 18.4. The summed E-state index contributed by atoms with van der Waals surface area (Å²) >= 11 is 0. The second-order valence-corrected chi connectivity index (χ2v) is 5.52. The van der Waals surface area contributed by atoms with Crippen molar-refractivity contribution in [3.8, 4) is 5.75 Å². The minimum atomic E-state index is -0.679. The third-order valence-electron chi connectivity index (χ3n) is 3.80. The average molecular weight is 344 g/mol. The Labute approximate surface area is 146 Å². The maximum atomic E-state index is 13.6. The molecule has 6 heteroatoms. The van der Waals surface area contributed by atoms with Gasteiger partial charge < -0.3 is 15.0 Å². The zero-order valence-corrected chi connectivity index (χ0v) is 14.2. The highest BCUT2D eigenvalue weighted by molar-refractivity contribution is 5.87. The predicted molar refractivity (Wildman–Crippen MR) is 92.4 cm³/mol. The summed E-state index contributed by atoms with van der Waals surface area (Å²) < 4.78 is 18.9. The SMILES string of the molecule is CNC(=O)C(C)N(Cc1ccccc1)C(=O)COc1ccccc1F. The average Bonchev–Trinajstić information content (AvgIpc) is 2.64. The Morgan fingerprint density at radius 3 is 2.40 bits per heavy atom. The van der Waals surface area contributed by atoms with Crippen molar-refractivity contribution in [2.24, 2.45) is 0 Å². The zero-order valence-electron chi connectivity index (χ0n) is 14.2. The summed E-state index contributed by atoms with van der Waals surface area (Å²) in [4.78, 5) is 26.0. The summed E-state index contributed by atoms with van der Waals surface area (Å²) in [5, 5.41) is 2.54. The molecular formula is C19H21FN2O3. The van der Waals surface area contributed by atoms with Crippen LogP contribution in [0.1, 0.15) is 12.5 Å². The Bertz CT molecular complexity index is 722. The van der Waals surface area contributed by atoms with Crippen molar-refractivity contribution in [3.63, 3.8) is 0 Å². The smallest absolute Gasteiger partial charge is 0.261 e. The molecule has 132 valence electrons. The van der Waals surface area contributed by atoms with E-state index in [4.69, 9.17) is 4.74 Å². The number of hydrogen-bond donors (Lipinski definition) is 1. The first-order chi connectivity index (χ1) is 12.0. The second kappa shape index (κ2) is 8.82. The Hall–Kier alpha value is -2.89. The summed E-state index contributed by atoms with van der Waals surface area (Å²) in [7, 11) is 1.51. The van der Waals surface area contributed by atoms with Gasteiger partial charge in [0.1, 0.15) is 6.04 Å². The van der Waals surface area contributed by atoms with Gasteiger partial charge in [0.15, 0.2) is 18.2 Å². The van der Waals surface area contributed by atoms with Crippen molar-refractivity contribution >= 4 is 11.8 Å². The van der Waals surface area contributed by atoms with E-state index >= 15 is 0 Å². The number of ether oxygens (including phenoxy) is 1. The first-order valence-electron chi connectivity index (χ1n) is 7.95. The maximum Gasteiger partial charge on any atom is 0.261 e. The summed E-state index contributed by atoms with van der Waals surface area (Å²) in [6, 6.07) is 14.5. The van der Waals surface area contributed by atoms with E-state index in [1.54, 1.807) is 19.1 Å². The van der Waals surface area contributed by atoms with Gasteiger partial charge >= 0.3 is 0 Å². The molecule has 0 spiro atoms. The fourth-order valence-electron chi connectivity index (χ4n) is 2.36. The molecule has 2 amide bonds. The molecule has 0 aliphatic carbocycles. The van der Waals surface area contributed by atoms with Crippen LogP contribution in [-0.4, -0.2) is 36.4 Å². The predicted octanol–water partition coefficient (Wildman–Crippen LogP) is 2.37. The topological polar surface area (TPSA) is 58.6 Å². The van der Waals surface area contributed by atoms with E-state index in [1.807, 2.05) is 30.3 Å². The Kier molecular flexibility index (Phi) is 6.51. The van der Waals surface area contributed by atoms with Crippen LogP contribution in [0.3, 0.4) is 0 Å². The van der Waals surface area contributed by atoms with Gasteiger partial charge in [-0.2, -0.15) is 0 Å². The van der Waals surface area contributed by atoms with Gasteiger partial charge in [-0.15, -0.1) is 0 Å². The second-order valence-electron chi connectivity index (χ2n) is 5.52. The van der Waals surface area contributed by atoms with E-state index in [2.05, 4.69) is 5.32 Å². The number of benzene rings is 2. The van der Waals surface area contributed by atoms with Gasteiger partial charge in [0.2, 0.25) is 5.91 Å². The lowest BCUT2D eigenvalue weighted by Gasteiger charge is -2.28. The van der Waals surface area contributed by atoms with Gasteiger partial charge in [-0.25, -0.2) is 4.39 Å². The molecule has 2 rings (SSSR count). The number of hydrogen-bond acceptors (Lipinski definition) is 3. The van der Waals surface area contributed by atoms with Crippen molar-refractivity contribution in [2.45, 2.75) is 19.5 Å². The van der Waals surface area contributed by atoms with Crippen molar-refractivity contribution in [2.75, 3.05) is 13.7 Å². The minimum absolute atomic E-state index is 0.00288. The summed E-state index contributed by atoms with van der Waals surface area (Å²) in [6.07, 6.45) is 0. The van der Waals surface area contributed by atoms with Crippen molar-refractivity contribution in [1.82, 2.24) is 10.2 Å². The molecule has 5 nitrogen and oxygen atoms in total. The molecule has 0 saturated carbocycles. The summed E-state index contributed by atoms with van der Waals surface area (Å²) in [6.45, 7) is 1.55. The lowest BCUT2D eigenvalue weighted by Crippen LogP contribution is -2.48. The van der Waals surface area contributed by atoms with Gasteiger partial charge in [0.25, 0.3) is 5.91 Å². The lowest BCUT2D eigenvalue weighted by atomic mass is 10.1. The molecule has 1 unspecified atom stereocenters. The largest absolute Gasteiger partial charge is 0.481 e. The molecule has 2 aromatic rings. The number of rotatable bonds is 7. The van der Waals surface area contributed by atoms with Gasteiger partial charge in [-0.1, -0.05) is 42.5 Å². The van der Waals surface area contributed by atoms with E-state index in [9.17, 15) is 14.0 Å². The van der Waals surface area contributed by atoms with Crippen LogP contribution in [0.5, 0.6) is 5.75 Å². The highest BCUT2D eigenvalue weighted by Crippen LogP contribution is 2.16. The number of nitrogens with one attached hydrogen (secondary N) is 1. The van der Waals surface area contributed by atoms with E-state index in [1.165, 1.54) is 24.1 Å². The zero-order chi connectivity index (χ0) is 18.2. The van der Waals surface area contributed by atoms with Crippen LogP contribution in [0.4, 0.5) is 4.39 Å². The molecule has 0 aromatic heterocycles. The summed E-state index contributed by atoms with van der Waals surface area (Å²) in [5.74, 6) is -1.22. The molecule has 25 heavy (non-hydrogen) atoms. The molecule has 0 saturated heterocycles. The minimum Gasteiger partial charge on any atom is -0.481 e. The Balaban J connectivity index is 2.11. The molecular weight excluding hydrogens is 323 g/mol. The molecule has 0 heterocycles. The molecule has 1 N–H and O–H groups in total. The molecule has 0 aliphatic rings. The molecule has 0 radical (unpaired) electrons. The molecule has 0 fully saturated rings. The van der Waals surface area contributed by atoms with E-state index < -0.39 is 17.8 Å². The fraction of sp³-hybridized carbons (Fsp3) is 0.263.